The van der Waals surface area contributed by atoms with Crippen molar-refractivity contribution in [3.8, 4) is 11.5 Å². The molecule has 1 spiro atoms. The van der Waals surface area contributed by atoms with Crippen LogP contribution in [-0.2, 0) is 22.6 Å². The summed E-state index contributed by atoms with van der Waals surface area (Å²) in [7, 11) is 0. The van der Waals surface area contributed by atoms with Crippen LogP contribution < -0.4 is 15.3 Å². The number of nitrogens with zero attached hydrogens (tertiary/aromatic N) is 3. The average Bonchev–Trinajstić information content (AvgIpc) is 3.44. The Morgan fingerprint density at radius 3 is 2.62 bits per heavy atom. The van der Waals surface area contributed by atoms with E-state index in [-0.39, 0.29) is 29.7 Å². The van der Waals surface area contributed by atoms with Crippen molar-refractivity contribution in [2.24, 2.45) is 0 Å². The van der Waals surface area contributed by atoms with Gasteiger partial charge in [-0.25, -0.2) is 27.3 Å². The Morgan fingerprint density at radius 2 is 1.85 bits per heavy atom. The van der Waals surface area contributed by atoms with Crippen molar-refractivity contribution in [1.82, 2.24) is 9.55 Å². The summed E-state index contributed by atoms with van der Waals surface area (Å²) in [6.45, 7) is 0.804. The zero-order valence-electron chi connectivity index (χ0n) is 17.5. The van der Waals surface area contributed by atoms with Crippen LogP contribution in [0.3, 0.4) is 0 Å². The summed E-state index contributed by atoms with van der Waals surface area (Å²) in [6, 6.07) is 6.41. The Morgan fingerprint density at radius 1 is 1.06 bits per heavy atom. The predicted molar refractivity (Wildman–Crippen MR) is 109 cm³/mol. The number of ether oxygens (including phenoxy) is 3. The van der Waals surface area contributed by atoms with Gasteiger partial charge < -0.3 is 19.1 Å². The number of fused-ring (bicyclic) bond motifs is 3. The first-order chi connectivity index (χ1) is 16.3. The van der Waals surface area contributed by atoms with Gasteiger partial charge in [0.1, 0.15) is 17.1 Å². The molecule has 0 amide bonds. The summed E-state index contributed by atoms with van der Waals surface area (Å²) in [4.78, 5) is 18.1. The summed E-state index contributed by atoms with van der Waals surface area (Å²) in [5, 5.41) is 0. The summed E-state index contributed by atoms with van der Waals surface area (Å²) >= 11 is 0. The molecular weight excluding hydrogens is 458 g/mol. The van der Waals surface area contributed by atoms with Crippen molar-refractivity contribution in [3.63, 3.8) is 0 Å². The minimum absolute atomic E-state index is 0.0811. The number of hydrogen-bond donors (Lipinski definition) is 0. The van der Waals surface area contributed by atoms with Gasteiger partial charge in [-0.3, -0.25) is 4.57 Å². The van der Waals surface area contributed by atoms with Crippen molar-refractivity contribution in [3.05, 3.63) is 81.9 Å². The Kier molecular flexibility index (Phi) is 4.68. The van der Waals surface area contributed by atoms with Gasteiger partial charge in [-0.15, -0.1) is 0 Å². The number of benzene rings is 2. The molecule has 3 unspecified atom stereocenters. The second-order valence-corrected chi connectivity index (χ2v) is 8.56. The third-order valence-corrected chi connectivity index (χ3v) is 6.45. The molecule has 0 N–H and O–H groups in total. The maximum absolute atomic E-state index is 14.6. The average molecular weight is 475 g/mol. The standard InChI is InChI=1S/C23H17F4N3O4/c24-15-2-1-13(7-16(15)25)33-20-17(26)5-12(6-18(20)27)10-32-21-23-8-14(34-21)9-30(23)19-3-4-28-22(31)29(19)11-23/h1-7,14,21H,8-11H2. The van der Waals surface area contributed by atoms with Gasteiger partial charge in [0, 0.05) is 25.2 Å². The normalized spacial score (nSPS) is 24.4. The number of aromatic nitrogens is 2. The van der Waals surface area contributed by atoms with Crippen molar-refractivity contribution >= 4 is 5.82 Å². The van der Waals surface area contributed by atoms with E-state index in [9.17, 15) is 22.4 Å². The van der Waals surface area contributed by atoms with E-state index in [1.807, 2.05) is 0 Å². The molecule has 3 aromatic rings. The topological polar surface area (TPSA) is 65.8 Å². The number of hydrogen-bond acceptors (Lipinski definition) is 6. The molecule has 0 radical (unpaired) electrons. The molecule has 4 heterocycles. The van der Waals surface area contributed by atoms with Crippen LogP contribution in [0.2, 0.25) is 0 Å². The van der Waals surface area contributed by atoms with Gasteiger partial charge >= 0.3 is 5.69 Å². The molecule has 176 valence electrons. The Balaban J connectivity index is 1.19. The fourth-order valence-corrected chi connectivity index (χ4v) is 5.02. The Hall–Kier alpha value is -3.44. The molecule has 7 nitrogen and oxygen atoms in total. The molecule has 2 saturated heterocycles. The zero-order valence-corrected chi connectivity index (χ0v) is 17.5. The fourth-order valence-electron chi connectivity index (χ4n) is 5.02. The van der Waals surface area contributed by atoms with Crippen molar-refractivity contribution in [1.29, 1.82) is 0 Å². The van der Waals surface area contributed by atoms with Crippen molar-refractivity contribution < 1.29 is 31.8 Å². The highest BCUT2D eigenvalue weighted by Crippen LogP contribution is 2.50. The van der Waals surface area contributed by atoms with Crippen LogP contribution in [0.4, 0.5) is 23.4 Å². The molecular formula is C23H17F4N3O4. The zero-order chi connectivity index (χ0) is 23.6. The first-order valence-electron chi connectivity index (χ1n) is 10.6. The summed E-state index contributed by atoms with van der Waals surface area (Å²) in [6.07, 6.45) is 1.32. The van der Waals surface area contributed by atoms with Gasteiger partial charge in [-0.1, -0.05) is 0 Å². The van der Waals surface area contributed by atoms with Gasteiger partial charge in [0.25, 0.3) is 0 Å². The Labute approximate surface area is 190 Å². The van der Waals surface area contributed by atoms with Crippen LogP contribution in [0.5, 0.6) is 11.5 Å². The lowest BCUT2D eigenvalue weighted by Gasteiger charge is -2.38. The first kappa shape index (κ1) is 21.1. The molecule has 2 aromatic carbocycles. The van der Waals surface area contributed by atoms with E-state index >= 15 is 0 Å². The second kappa shape index (κ2) is 7.54. The molecule has 6 rings (SSSR count). The quantitative estimate of drug-likeness (QED) is 0.527. The largest absolute Gasteiger partial charge is 0.451 e. The molecule has 3 aliphatic rings. The molecule has 11 heteroatoms. The number of anilines is 1. The van der Waals surface area contributed by atoms with Crippen LogP contribution in [-0.4, -0.2) is 34.0 Å². The van der Waals surface area contributed by atoms with Gasteiger partial charge in [-0.05, 0) is 35.9 Å². The third-order valence-electron chi connectivity index (χ3n) is 6.45. The van der Waals surface area contributed by atoms with Crippen molar-refractivity contribution in [2.45, 2.75) is 37.5 Å². The van der Waals surface area contributed by atoms with Crippen LogP contribution >= 0.6 is 0 Å². The number of morpholine rings is 1. The molecule has 3 atom stereocenters. The molecule has 34 heavy (non-hydrogen) atoms. The lowest BCUT2D eigenvalue weighted by Crippen LogP contribution is -2.54. The smallest absolute Gasteiger partial charge is 0.349 e. The highest BCUT2D eigenvalue weighted by atomic mass is 19.2. The maximum atomic E-state index is 14.6. The van der Waals surface area contributed by atoms with Crippen LogP contribution in [0.25, 0.3) is 0 Å². The van der Waals surface area contributed by atoms with Gasteiger partial charge in [0.15, 0.2) is 35.3 Å². The molecule has 0 saturated carbocycles. The fraction of sp³-hybridized carbons (Fsp3) is 0.304. The molecule has 3 aliphatic heterocycles. The summed E-state index contributed by atoms with van der Waals surface area (Å²) < 4.78 is 74.2. The third kappa shape index (κ3) is 3.18. The van der Waals surface area contributed by atoms with Crippen LogP contribution in [0, 0.1) is 23.3 Å². The van der Waals surface area contributed by atoms with E-state index < -0.39 is 40.8 Å². The lowest BCUT2D eigenvalue weighted by atomic mass is 9.98. The predicted octanol–water partition coefficient (Wildman–Crippen LogP) is 3.50. The van der Waals surface area contributed by atoms with E-state index in [0.29, 0.717) is 25.6 Å². The molecule has 0 aliphatic carbocycles. The van der Waals surface area contributed by atoms with Crippen LogP contribution in [0.15, 0.2) is 47.4 Å². The van der Waals surface area contributed by atoms with E-state index in [2.05, 4.69) is 9.88 Å². The van der Waals surface area contributed by atoms with Gasteiger partial charge in [-0.2, -0.15) is 0 Å². The van der Waals surface area contributed by atoms with E-state index in [4.69, 9.17) is 14.2 Å². The SMILES string of the molecule is O=c1nccc2n1CC13CC(CN21)OC3OCc1cc(F)c(Oc2ccc(F)c(F)c2)c(F)c1. The number of rotatable bonds is 5. The number of halogens is 4. The summed E-state index contributed by atoms with van der Waals surface area (Å²) in [5.74, 6) is -4.60. The second-order valence-electron chi connectivity index (χ2n) is 8.56. The minimum Gasteiger partial charge on any atom is -0.451 e. The highest BCUT2D eigenvalue weighted by Gasteiger charge is 2.63. The molecule has 1 aromatic heterocycles. The summed E-state index contributed by atoms with van der Waals surface area (Å²) in [5.41, 5.74) is -0.757. The monoisotopic (exact) mass is 475 g/mol. The van der Waals surface area contributed by atoms with Crippen LogP contribution in [0.1, 0.15) is 12.0 Å². The lowest BCUT2D eigenvalue weighted by molar-refractivity contribution is -0.174. The highest BCUT2D eigenvalue weighted by molar-refractivity contribution is 5.51. The van der Waals surface area contributed by atoms with Gasteiger partial charge in [0.2, 0.25) is 0 Å². The van der Waals surface area contributed by atoms with Crippen molar-refractivity contribution in [2.75, 3.05) is 11.4 Å². The van der Waals surface area contributed by atoms with E-state index in [1.54, 1.807) is 10.6 Å². The molecule has 2 fully saturated rings. The first-order valence-corrected chi connectivity index (χ1v) is 10.6. The molecule has 2 bridgehead atoms. The minimum atomic E-state index is -1.20. The van der Waals surface area contributed by atoms with E-state index in [0.717, 1.165) is 30.1 Å². The van der Waals surface area contributed by atoms with Gasteiger partial charge in [0.05, 0.1) is 19.3 Å². The maximum Gasteiger partial charge on any atom is 0.349 e. The van der Waals surface area contributed by atoms with E-state index in [1.165, 1.54) is 6.20 Å². The Bertz CT molecular complexity index is 1340.